The first-order valence-corrected chi connectivity index (χ1v) is 6.04. The molecule has 96 valence electrons. The highest BCUT2D eigenvalue weighted by atomic mass is 16.1. The van der Waals surface area contributed by atoms with Crippen molar-refractivity contribution in [1.29, 1.82) is 0 Å². The molecule has 0 aromatic carbocycles. The van der Waals surface area contributed by atoms with E-state index in [-0.39, 0.29) is 11.9 Å². The number of carbonyl (C=O) groups is 2. The normalized spacial score (nSPS) is 18.8. The largest absolute Gasteiger partial charge is 0.354 e. The second-order valence-electron chi connectivity index (χ2n) is 4.66. The number of anilines is 1. The number of nitrogens with one attached hydrogen (secondary N) is 1. The molecular formula is C13H17N3O2. The van der Waals surface area contributed by atoms with Crippen LogP contribution in [-0.4, -0.2) is 36.3 Å². The second kappa shape index (κ2) is 5.16. The Kier molecular flexibility index (Phi) is 3.60. The monoisotopic (exact) mass is 247 g/mol. The molecule has 0 spiro atoms. The van der Waals surface area contributed by atoms with E-state index in [2.05, 4.69) is 15.2 Å². The van der Waals surface area contributed by atoms with E-state index in [0.29, 0.717) is 5.56 Å². The summed E-state index contributed by atoms with van der Waals surface area (Å²) in [5.74, 6) is 0.899. The lowest BCUT2D eigenvalue weighted by Crippen LogP contribution is -2.35. The van der Waals surface area contributed by atoms with Gasteiger partial charge in [0.25, 0.3) is 0 Å². The van der Waals surface area contributed by atoms with Gasteiger partial charge in [0.15, 0.2) is 6.29 Å². The first kappa shape index (κ1) is 12.5. The third kappa shape index (κ3) is 2.67. The maximum atomic E-state index is 11.0. The highest BCUT2D eigenvalue weighted by molar-refractivity contribution is 5.75. The average Bonchev–Trinajstić information content (AvgIpc) is 2.76. The fraction of sp³-hybridized carbons (Fsp3) is 0.462. The van der Waals surface area contributed by atoms with E-state index in [1.165, 1.54) is 6.92 Å². The van der Waals surface area contributed by atoms with Gasteiger partial charge in [-0.05, 0) is 25.0 Å². The van der Waals surface area contributed by atoms with Crippen molar-refractivity contribution in [3.8, 4) is 0 Å². The van der Waals surface area contributed by atoms with Crippen LogP contribution in [0.5, 0.6) is 0 Å². The summed E-state index contributed by atoms with van der Waals surface area (Å²) in [4.78, 5) is 28.1. The van der Waals surface area contributed by atoms with Crippen LogP contribution in [0.15, 0.2) is 12.3 Å². The lowest BCUT2D eigenvalue weighted by Gasteiger charge is -2.19. The van der Waals surface area contributed by atoms with Crippen LogP contribution in [0.2, 0.25) is 0 Å². The Morgan fingerprint density at radius 2 is 2.39 bits per heavy atom. The minimum atomic E-state index is 0.00262. The molecule has 1 atom stereocenters. The van der Waals surface area contributed by atoms with Crippen LogP contribution in [0.4, 0.5) is 5.82 Å². The number of carbonyl (C=O) groups excluding carboxylic acids is 2. The Labute approximate surface area is 106 Å². The zero-order valence-corrected chi connectivity index (χ0v) is 10.6. The molecule has 5 nitrogen and oxygen atoms in total. The molecule has 18 heavy (non-hydrogen) atoms. The van der Waals surface area contributed by atoms with E-state index < -0.39 is 0 Å². The number of hydrogen-bond donors (Lipinski definition) is 1. The molecule has 2 rings (SSSR count). The van der Waals surface area contributed by atoms with E-state index in [9.17, 15) is 9.59 Å². The molecule has 0 bridgehead atoms. The number of nitrogens with zero attached hydrogens (tertiary/aromatic N) is 2. The third-order valence-corrected chi connectivity index (χ3v) is 3.10. The number of aromatic nitrogens is 1. The first-order valence-electron chi connectivity index (χ1n) is 6.04. The molecule has 1 unspecified atom stereocenters. The van der Waals surface area contributed by atoms with Gasteiger partial charge in [-0.15, -0.1) is 0 Å². The quantitative estimate of drug-likeness (QED) is 0.807. The van der Waals surface area contributed by atoms with Gasteiger partial charge in [-0.3, -0.25) is 9.59 Å². The molecule has 5 heteroatoms. The fourth-order valence-electron chi connectivity index (χ4n) is 2.34. The molecule has 1 aliphatic rings. The van der Waals surface area contributed by atoms with Crippen LogP contribution in [0.1, 0.15) is 29.3 Å². The SMILES string of the molecule is CC(=O)NC1CCN(c2ncc(C=O)cc2C)C1. The van der Waals surface area contributed by atoms with Crippen LogP contribution in [0.3, 0.4) is 0 Å². The predicted octanol–water partition coefficient (Wildman–Crippen LogP) is 0.917. The number of aldehydes is 1. The van der Waals surface area contributed by atoms with Crippen LogP contribution in [-0.2, 0) is 4.79 Å². The zero-order valence-electron chi connectivity index (χ0n) is 10.6. The Morgan fingerprint density at radius 1 is 1.61 bits per heavy atom. The Bertz CT molecular complexity index is 473. The summed E-state index contributed by atoms with van der Waals surface area (Å²) < 4.78 is 0. The van der Waals surface area contributed by atoms with Crippen molar-refractivity contribution in [3.63, 3.8) is 0 Å². The van der Waals surface area contributed by atoms with Crippen molar-refractivity contribution in [2.24, 2.45) is 0 Å². The van der Waals surface area contributed by atoms with Crippen molar-refractivity contribution in [2.45, 2.75) is 26.3 Å². The highest BCUT2D eigenvalue weighted by Crippen LogP contribution is 2.22. The van der Waals surface area contributed by atoms with E-state index in [1.807, 2.05) is 13.0 Å². The highest BCUT2D eigenvalue weighted by Gasteiger charge is 2.24. The molecule has 2 heterocycles. The van der Waals surface area contributed by atoms with E-state index in [0.717, 1.165) is 37.2 Å². The van der Waals surface area contributed by atoms with E-state index >= 15 is 0 Å². The number of pyridine rings is 1. The number of hydrogen-bond acceptors (Lipinski definition) is 4. The van der Waals surface area contributed by atoms with Gasteiger partial charge in [0.05, 0.1) is 0 Å². The van der Waals surface area contributed by atoms with Gasteiger partial charge in [-0.2, -0.15) is 0 Å². The minimum absolute atomic E-state index is 0.00262. The summed E-state index contributed by atoms with van der Waals surface area (Å²) in [7, 11) is 0. The second-order valence-corrected chi connectivity index (χ2v) is 4.66. The van der Waals surface area contributed by atoms with Crippen LogP contribution in [0.25, 0.3) is 0 Å². The average molecular weight is 247 g/mol. The van der Waals surface area contributed by atoms with Gasteiger partial charge >= 0.3 is 0 Å². The maximum absolute atomic E-state index is 11.0. The summed E-state index contributed by atoms with van der Waals surface area (Å²) in [6.45, 7) is 5.12. The lowest BCUT2D eigenvalue weighted by molar-refractivity contribution is -0.119. The van der Waals surface area contributed by atoms with Gasteiger partial charge in [0, 0.05) is 37.8 Å². The number of amides is 1. The molecule has 0 aliphatic carbocycles. The summed E-state index contributed by atoms with van der Waals surface area (Å²) in [6, 6.07) is 2.02. The third-order valence-electron chi connectivity index (χ3n) is 3.10. The Hall–Kier alpha value is -1.91. The molecule has 1 fully saturated rings. The first-order chi connectivity index (χ1) is 8.60. The molecule has 1 amide bonds. The smallest absolute Gasteiger partial charge is 0.217 e. The van der Waals surface area contributed by atoms with Crippen LogP contribution < -0.4 is 10.2 Å². The Morgan fingerprint density at radius 3 is 3.00 bits per heavy atom. The molecule has 1 saturated heterocycles. The summed E-state index contributed by atoms with van der Waals surface area (Å²) in [5.41, 5.74) is 1.58. The number of rotatable bonds is 3. The molecule has 0 radical (unpaired) electrons. The van der Waals surface area contributed by atoms with Crippen LogP contribution >= 0.6 is 0 Å². The van der Waals surface area contributed by atoms with Gasteiger partial charge in [-0.25, -0.2) is 4.98 Å². The topological polar surface area (TPSA) is 62.3 Å². The molecule has 1 aliphatic heterocycles. The van der Waals surface area contributed by atoms with E-state index in [4.69, 9.17) is 0 Å². The van der Waals surface area contributed by atoms with Crippen molar-refractivity contribution in [1.82, 2.24) is 10.3 Å². The van der Waals surface area contributed by atoms with Gasteiger partial charge in [0.2, 0.25) is 5.91 Å². The Balaban J connectivity index is 2.09. The minimum Gasteiger partial charge on any atom is -0.354 e. The zero-order chi connectivity index (χ0) is 13.1. The fourth-order valence-corrected chi connectivity index (χ4v) is 2.34. The number of aryl methyl sites for hydroxylation is 1. The molecule has 0 saturated carbocycles. The maximum Gasteiger partial charge on any atom is 0.217 e. The van der Waals surface area contributed by atoms with Crippen molar-refractivity contribution in [3.05, 3.63) is 23.4 Å². The van der Waals surface area contributed by atoms with Gasteiger partial charge < -0.3 is 10.2 Å². The van der Waals surface area contributed by atoms with Crippen molar-refractivity contribution in [2.75, 3.05) is 18.0 Å². The van der Waals surface area contributed by atoms with Crippen LogP contribution in [0, 0.1) is 6.92 Å². The van der Waals surface area contributed by atoms with Crippen molar-refractivity contribution < 1.29 is 9.59 Å². The summed E-state index contributed by atoms with van der Waals surface area (Å²) in [6.07, 6.45) is 3.31. The standard InChI is InChI=1S/C13H17N3O2/c1-9-5-11(8-17)6-14-13(9)16-4-3-12(7-16)15-10(2)18/h5-6,8,12H,3-4,7H2,1-2H3,(H,15,18). The molecule has 1 aromatic heterocycles. The van der Waals surface area contributed by atoms with E-state index in [1.54, 1.807) is 6.20 Å². The van der Waals surface area contributed by atoms with Gasteiger partial charge in [0.1, 0.15) is 5.82 Å². The predicted molar refractivity (Wildman–Crippen MR) is 68.8 cm³/mol. The lowest BCUT2D eigenvalue weighted by atomic mass is 10.2. The van der Waals surface area contributed by atoms with Crippen molar-refractivity contribution >= 4 is 18.0 Å². The summed E-state index contributed by atoms with van der Waals surface area (Å²) in [5, 5.41) is 2.92. The molecule has 1 aromatic rings. The van der Waals surface area contributed by atoms with Gasteiger partial charge in [-0.1, -0.05) is 0 Å². The molecule has 1 N–H and O–H groups in total. The summed E-state index contributed by atoms with van der Waals surface area (Å²) >= 11 is 0. The molecular weight excluding hydrogens is 230 g/mol.